The standard InChI is InChI=1S/C15H24N2O2S2/c1-15(2,3)19-14(18)17-6-4-5-12(8-17)9-20-10-13-7-16-11-21-13/h7,11-12H,4-6,8-10H2,1-3H3. The van der Waals surface area contributed by atoms with Crippen LogP contribution >= 0.6 is 23.1 Å². The Kier molecular flexibility index (Phi) is 5.93. The van der Waals surface area contributed by atoms with Gasteiger partial charge < -0.3 is 9.64 Å². The van der Waals surface area contributed by atoms with Gasteiger partial charge in [0.05, 0.1) is 5.51 Å². The molecule has 0 saturated carbocycles. The van der Waals surface area contributed by atoms with Crippen molar-refractivity contribution in [2.24, 2.45) is 5.92 Å². The van der Waals surface area contributed by atoms with Crippen LogP contribution in [0.5, 0.6) is 0 Å². The molecular formula is C15H24N2O2S2. The summed E-state index contributed by atoms with van der Waals surface area (Å²) in [4.78, 5) is 19.4. The molecule has 0 aromatic carbocycles. The third-order valence-corrected chi connectivity index (χ3v) is 5.44. The molecule has 1 aromatic rings. The molecule has 1 amide bonds. The molecule has 21 heavy (non-hydrogen) atoms. The monoisotopic (exact) mass is 328 g/mol. The first-order chi connectivity index (χ1) is 9.94. The molecular weight excluding hydrogens is 304 g/mol. The van der Waals surface area contributed by atoms with Crippen molar-refractivity contribution in [3.05, 3.63) is 16.6 Å². The van der Waals surface area contributed by atoms with Crippen LogP contribution in [0.2, 0.25) is 0 Å². The SMILES string of the molecule is CC(C)(C)OC(=O)N1CCCC(CSCc2cncs2)C1. The molecule has 2 rings (SSSR count). The number of piperidine rings is 1. The molecule has 1 saturated heterocycles. The molecule has 0 aliphatic carbocycles. The van der Waals surface area contributed by atoms with Crippen molar-refractivity contribution >= 4 is 29.2 Å². The lowest BCUT2D eigenvalue weighted by atomic mass is 10.0. The van der Waals surface area contributed by atoms with Crippen molar-refractivity contribution in [1.29, 1.82) is 0 Å². The van der Waals surface area contributed by atoms with Gasteiger partial charge in [-0.05, 0) is 45.3 Å². The molecule has 1 aliphatic heterocycles. The molecule has 0 N–H and O–H groups in total. The van der Waals surface area contributed by atoms with Gasteiger partial charge in [0.15, 0.2) is 0 Å². The number of hydrogen-bond donors (Lipinski definition) is 0. The van der Waals surface area contributed by atoms with Gasteiger partial charge in [-0.2, -0.15) is 11.8 Å². The fourth-order valence-corrected chi connectivity index (χ4v) is 4.23. The summed E-state index contributed by atoms with van der Waals surface area (Å²) < 4.78 is 5.46. The summed E-state index contributed by atoms with van der Waals surface area (Å²) >= 11 is 3.64. The minimum absolute atomic E-state index is 0.167. The van der Waals surface area contributed by atoms with E-state index in [0.29, 0.717) is 5.92 Å². The number of thiazole rings is 1. The highest BCUT2D eigenvalue weighted by Gasteiger charge is 2.27. The zero-order valence-electron chi connectivity index (χ0n) is 13.0. The van der Waals surface area contributed by atoms with Crippen LogP contribution in [0.15, 0.2) is 11.7 Å². The van der Waals surface area contributed by atoms with E-state index >= 15 is 0 Å². The Bertz CT molecular complexity index is 443. The van der Waals surface area contributed by atoms with Crippen molar-refractivity contribution < 1.29 is 9.53 Å². The maximum absolute atomic E-state index is 12.1. The molecule has 1 fully saturated rings. The van der Waals surface area contributed by atoms with Crippen molar-refractivity contribution in [2.75, 3.05) is 18.8 Å². The Morgan fingerprint density at radius 1 is 1.57 bits per heavy atom. The van der Waals surface area contributed by atoms with E-state index in [9.17, 15) is 4.79 Å². The van der Waals surface area contributed by atoms with Crippen LogP contribution in [-0.2, 0) is 10.5 Å². The predicted octanol–water partition coefficient (Wildman–Crippen LogP) is 4.02. The second-order valence-corrected chi connectivity index (χ2v) is 8.42. The van der Waals surface area contributed by atoms with Gasteiger partial charge >= 0.3 is 6.09 Å². The molecule has 2 heterocycles. The molecule has 1 aromatic heterocycles. The summed E-state index contributed by atoms with van der Waals surface area (Å²) in [5, 5.41) is 0. The third kappa shape index (κ3) is 5.87. The maximum atomic E-state index is 12.1. The molecule has 1 atom stereocenters. The summed E-state index contributed by atoms with van der Waals surface area (Å²) in [6.07, 6.45) is 4.05. The molecule has 0 spiro atoms. The van der Waals surface area contributed by atoms with Crippen molar-refractivity contribution in [3.8, 4) is 0 Å². The Balaban J connectivity index is 1.74. The zero-order chi connectivity index (χ0) is 15.3. The lowest BCUT2D eigenvalue weighted by molar-refractivity contribution is 0.0177. The maximum Gasteiger partial charge on any atom is 0.410 e. The largest absolute Gasteiger partial charge is 0.444 e. The van der Waals surface area contributed by atoms with E-state index in [0.717, 1.165) is 31.0 Å². The van der Waals surface area contributed by atoms with Crippen molar-refractivity contribution in [3.63, 3.8) is 0 Å². The van der Waals surface area contributed by atoms with Gasteiger partial charge in [-0.25, -0.2) is 4.79 Å². The molecule has 6 heteroatoms. The fourth-order valence-electron chi connectivity index (χ4n) is 2.33. The summed E-state index contributed by atoms with van der Waals surface area (Å²) in [7, 11) is 0. The Morgan fingerprint density at radius 3 is 3.05 bits per heavy atom. The van der Waals surface area contributed by atoms with E-state index in [2.05, 4.69) is 4.98 Å². The van der Waals surface area contributed by atoms with E-state index in [4.69, 9.17) is 4.74 Å². The van der Waals surface area contributed by atoms with Crippen LogP contribution in [0.1, 0.15) is 38.5 Å². The van der Waals surface area contributed by atoms with E-state index in [-0.39, 0.29) is 6.09 Å². The van der Waals surface area contributed by atoms with Gasteiger partial charge in [0.2, 0.25) is 0 Å². The van der Waals surface area contributed by atoms with Crippen molar-refractivity contribution in [1.82, 2.24) is 9.88 Å². The zero-order valence-corrected chi connectivity index (χ0v) is 14.6. The first-order valence-electron chi connectivity index (χ1n) is 7.37. The average Bonchev–Trinajstić information content (AvgIpc) is 2.90. The number of amides is 1. The van der Waals surface area contributed by atoms with E-state index in [1.54, 1.807) is 11.3 Å². The quantitative estimate of drug-likeness (QED) is 0.837. The highest BCUT2D eigenvalue weighted by molar-refractivity contribution is 7.98. The number of nitrogens with zero attached hydrogens (tertiary/aromatic N) is 2. The van der Waals surface area contributed by atoms with E-state index < -0.39 is 5.60 Å². The Hall–Kier alpha value is -0.750. The Labute approximate surface area is 135 Å². The number of carbonyl (C=O) groups excluding carboxylic acids is 1. The summed E-state index contributed by atoms with van der Waals surface area (Å²) in [6.45, 7) is 7.39. The topological polar surface area (TPSA) is 42.4 Å². The van der Waals surface area contributed by atoms with Gasteiger partial charge in [-0.3, -0.25) is 4.98 Å². The fraction of sp³-hybridized carbons (Fsp3) is 0.733. The predicted molar refractivity (Wildman–Crippen MR) is 88.8 cm³/mol. The summed E-state index contributed by atoms with van der Waals surface area (Å²) in [5.74, 6) is 2.69. The molecule has 1 aliphatic rings. The third-order valence-electron chi connectivity index (χ3n) is 3.25. The molecule has 1 unspecified atom stereocenters. The highest BCUT2D eigenvalue weighted by Crippen LogP contribution is 2.25. The molecule has 0 radical (unpaired) electrons. The number of ether oxygens (including phenoxy) is 1. The van der Waals surface area contributed by atoms with Crippen LogP contribution in [0.3, 0.4) is 0 Å². The van der Waals surface area contributed by atoms with Crippen molar-refractivity contribution in [2.45, 2.75) is 45.0 Å². The normalized spacial score (nSPS) is 19.6. The molecule has 0 bridgehead atoms. The first kappa shape index (κ1) is 16.6. The van der Waals surface area contributed by atoms with Gasteiger partial charge in [-0.1, -0.05) is 0 Å². The van der Waals surface area contributed by atoms with E-state index in [1.807, 2.05) is 49.1 Å². The number of carbonyl (C=O) groups is 1. The number of thioether (sulfide) groups is 1. The van der Waals surface area contributed by atoms with Crippen LogP contribution < -0.4 is 0 Å². The van der Waals surface area contributed by atoms with Gasteiger partial charge in [0.1, 0.15) is 5.60 Å². The van der Waals surface area contributed by atoms with Crippen LogP contribution in [0.4, 0.5) is 4.79 Å². The second-order valence-electron chi connectivity index (χ2n) is 6.42. The second kappa shape index (κ2) is 7.49. The number of rotatable bonds is 4. The van der Waals surface area contributed by atoms with Crippen LogP contribution in [0, 0.1) is 5.92 Å². The number of hydrogen-bond acceptors (Lipinski definition) is 5. The Morgan fingerprint density at radius 2 is 2.38 bits per heavy atom. The average molecular weight is 329 g/mol. The smallest absolute Gasteiger partial charge is 0.410 e. The van der Waals surface area contributed by atoms with Gasteiger partial charge in [0.25, 0.3) is 0 Å². The minimum Gasteiger partial charge on any atom is -0.444 e. The highest BCUT2D eigenvalue weighted by atomic mass is 32.2. The summed E-state index contributed by atoms with van der Waals surface area (Å²) in [6, 6.07) is 0. The minimum atomic E-state index is -0.412. The molecule has 4 nitrogen and oxygen atoms in total. The summed E-state index contributed by atoms with van der Waals surface area (Å²) in [5.41, 5.74) is 1.46. The number of aromatic nitrogens is 1. The first-order valence-corrected chi connectivity index (χ1v) is 9.40. The van der Waals surface area contributed by atoms with Gasteiger partial charge in [0, 0.05) is 29.9 Å². The lowest BCUT2D eigenvalue weighted by Crippen LogP contribution is -2.43. The van der Waals surface area contributed by atoms with Gasteiger partial charge in [-0.15, -0.1) is 11.3 Å². The van der Waals surface area contributed by atoms with E-state index in [1.165, 1.54) is 11.3 Å². The number of likely N-dealkylation sites (tertiary alicyclic amines) is 1. The van der Waals surface area contributed by atoms with Crippen LogP contribution in [-0.4, -0.2) is 40.4 Å². The lowest BCUT2D eigenvalue weighted by Gasteiger charge is -2.34. The van der Waals surface area contributed by atoms with Crippen LogP contribution in [0.25, 0.3) is 0 Å². The molecule has 118 valence electrons.